The molecule has 0 amide bonds. The summed E-state index contributed by atoms with van der Waals surface area (Å²) in [5, 5.41) is 11.6. The molecule has 5 nitrogen and oxygen atoms in total. The lowest BCUT2D eigenvalue weighted by atomic mass is 10.2. The van der Waals surface area contributed by atoms with Gasteiger partial charge in [-0.25, -0.2) is 0 Å². The number of halogens is 1. The van der Waals surface area contributed by atoms with Crippen LogP contribution in [0, 0.1) is 6.92 Å². The molecule has 3 heterocycles. The molecule has 1 atom stereocenters. The van der Waals surface area contributed by atoms with Crippen LogP contribution in [0.15, 0.2) is 15.3 Å². The Kier molecular flexibility index (Phi) is 4.57. The molecule has 1 unspecified atom stereocenters. The molecule has 3 rings (SSSR count). The van der Waals surface area contributed by atoms with Gasteiger partial charge in [-0.05, 0) is 24.9 Å². The van der Waals surface area contributed by atoms with E-state index in [9.17, 15) is 0 Å². The fraction of sp³-hybridized carbons (Fsp3) is 0.500. The van der Waals surface area contributed by atoms with Crippen LogP contribution in [0.25, 0.3) is 11.5 Å². The number of nitrogens with one attached hydrogen (secondary N) is 1. The maximum Gasteiger partial charge on any atom is 0.259 e. The molecule has 1 aliphatic rings. The summed E-state index contributed by atoms with van der Waals surface area (Å²) in [6, 6.07) is 0.204. The molecule has 2 aromatic heterocycles. The molecular weight excluding hydrogens is 284 g/mol. The smallest absolute Gasteiger partial charge is 0.259 e. The van der Waals surface area contributed by atoms with Gasteiger partial charge in [-0.15, -0.1) is 12.4 Å². The van der Waals surface area contributed by atoms with Crippen molar-refractivity contribution in [1.29, 1.82) is 0 Å². The Balaban J connectivity index is 0.00000133. The van der Waals surface area contributed by atoms with E-state index in [0.717, 1.165) is 31.0 Å². The average Bonchev–Trinajstić information content (AvgIpc) is 2.98. The van der Waals surface area contributed by atoms with Gasteiger partial charge in [0.2, 0.25) is 0 Å². The molecule has 1 fully saturated rings. The van der Waals surface area contributed by atoms with Crippen molar-refractivity contribution < 1.29 is 4.52 Å². The summed E-state index contributed by atoms with van der Waals surface area (Å²) in [5.74, 6) is 1.40. The minimum atomic E-state index is 0. The highest BCUT2D eigenvalue weighted by Gasteiger charge is 2.25. The summed E-state index contributed by atoms with van der Waals surface area (Å²) in [4.78, 5) is 6.79. The third-order valence-electron chi connectivity index (χ3n) is 3.34. The van der Waals surface area contributed by atoms with Gasteiger partial charge in [0.25, 0.3) is 5.89 Å². The average molecular weight is 301 g/mol. The number of hydrogen-bond donors (Lipinski definition) is 1. The zero-order chi connectivity index (χ0) is 12.5. The number of aromatic nitrogens is 2. The monoisotopic (exact) mass is 300 g/mol. The van der Waals surface area contributed by atoms with E-state index >= 15 is 0 Å². The van der Waals surface area contributed by atoms with Crippen LogP contribution in [0.5, 0.6) is 0 Å². The molecular formula is C12H17ClN4OS. The quantitative estimate of drug-likeness (QED) is 0.920. The predicted octanol–water partition coefficient (Wildman–Crippen LogP) is 2.10. The second-order valence-electron chi connectivity index (χ2n) is 4.63. The first-order valence-electron chi connectivity index (χ1n) is 6.03. The molecule has 0 aromatic carbocycles. The number of rotatable bonds is 2. The van der Waals surface area contributed by atoms with E-state index in [2.05, 4.69) is 45.1 Å². The van der Waals surface area contributed by atoms with Crippen LogP contribution < -0.4 is 5.32 Å². The maximum absolute atomic E-state index is 5.38. The van der Waals surface area contributed by atoms with Gasteiger partial charge < -0.3 is 9.84 Å². The molecule has 0 saturated carbocycles. The van der Waals surface area contributed by atoms with Crippen LogP contribution >= 0.6 is 23.7 Å². The number of thiophene rings is 1. The molecule has 7 heteroatoms. The van der Waals surface area contributed by atoms with Crippen LogP contribution in [-0.2, 0) is 0 Å². The topological polar surface area (TPSA) is 54.2 Å². The van der Waals surface area contributed by atoms with Gasteiger partial charge in [0.05, 0.1) is 11.6 Å². The van der Waals surface area contributed by atoms with Crippen molar-refractivity contribution in [3.63, 3.8) is 0 Å². The Bertz CT molecular complexity index is 541. The van der Waals surface area contributed by atoms with E-state index in [4.69, 9.17) is 4.52 Å². The molecule has 19 heavy (non-hydrogen) atoms. The first kappa shape index (κ1) is 14.5. The van der Waals surface area contributed by atoms with Crippen molar-refractivity contribution >= 4 is 23.7 Å². The molecule has 2 aromatic rings. The standard InChI is InChI=1S/C12H16N4OS.ClH/c1-8-6-18-7-9(8)12-14-11(15-17-12)10-5-13-3-4-16(10)2;/h6-7,10,13H,3-5H2,1-2H3;1H. The highest BCUT2D eigenvalue weighted by Crippen LogP contribution is 2.27. The van der Waals surface area contributed by atoms with Crippen LogP contribution in [0.1, 0.15) is 17.4 Å². The van der Waals surface area contributed by atoms with E-state index in [1.54, 1.807) is 11.3 Å². The maximum atomic E-state index is 5.38. The first-order valence-corrected chi connectivity index (χ1v) is 6.97. The third kappa shape index (κ3) is 2.81. The number of piperazine rings is 1. The largest absolute Gasteiger partial charge is 0.334 e. The minimum absolute atomic E-state index is 0. The van der Waals surface area contributed by atoms with Crippen molar-refractivity contribution in [2.45, 2.75) is 13.0 Å². The summed E-state index contributed by atoms with van der Waals surface area (Å²) in [6.07, 6.45) is 0. The van der Waals surface area contributed by atoms with Gasteiger partial charge in [-0.1, -0.05) is 5.16 Å². The number of aryl methyl sites for hydroxylation is 1. The van der Waals surface area contributed by atoms with Crippen molar-refractivity contribution in [2.24, 2.45) is 0 Å². The van der Waals surface area contributed by atoms with Gasteiger partial charge in [0.1, 0.15) is 0 Å². The van der Waals surface area contributed by atoms with Gasteiger partial charge in [0, 0.05) is 25.0 Å². The summed E-state index contributed by atoms with van der Waals surface area (Å²) in [6.45, 7) is 4.95. The lowest BCUT2D eigenvalue weighted by Gasteiger charge is -2.30. The van der Waals surface area contributed by atoms with Crippen LogP contribution in [0.4, 0.5) is 0 Å². The molecule has 1 saturated heterocycles. The van der Waals surface area contributed by atoms with Gasteiger partial charge >= 0.3 is 0 Å². The molecule has 0 bridgehead atoms. The Morgan fingerprint density at radius 2 is 2.32 bits per heavy atom. The lowest BCUT2D eigenvalue weighted by Crippen LogP contribution is -2.44. The Labute approximate surface area is 122 Å². The van der Waals surface area contributed by atoms with Crippen molar-refractivity contribution in [2.75, 3.05) is 26.7 Å². The van der Waals surface area contributed by atoms with Crippen LogP contribution in [0.2, 0.25) is 0 Å². The van der Waals surface area contributed by atoms with E-state index in [1.807, 2.05) is 0 Å². The zero-order valence-electron chi connectivity index (χ0n) is 10.9. The SMILES string of the molecule is Cc1cscc1-c1nc(C2CNCCN2C)no1.Cl. The van der Waals surface area contributed by atoms with Crippen LogP contribution in [0.3, 0.4) is 0 Å². The van der Waals surface area contributed by atoms with Crippen molar-refractivity contribution in [1.82, 2.24) is 20.4 Å². The molecule has 0 radical (unpaired) electrons. The normalized spacial score (nSPS) is 20.2. The molecule has 1 aliphatic heterocycles. The number of nitrogens with zero attached hydrogens (tertiary/aromatic N) is 3. The fourth-order valence-electron chi connectivity index (χ4n) is 2.15. The second kappa shape index (κ2) is 6.00. The van der Waals surface area contributed by atoms with Gasteiger partial charge in [-0.2, -0.15) is 16.3 Å². The summed E-state index contributed by atoms with van der Waals surface area (Å²) in [5.41, 5.74) is 2.23. The molecule has 0 spiro atoms. The molecule has 1 N–H and O–H groups in total. The van der Waals surface area contributed by atoms with Crippen molar-refractivity contribution in [3.8, 4) is 11.5 Å². The van der Waals surface area contributed by atoms with Gasteiger partial charge in [0.15, 0.2) is 5.82 Å². The Morgan fingerprint density at radius 3 is 3.00 bits per heavy atom. The summed E-state index contributed by atoms with van der Waals surface area (Å²) >= 11 is 1.66. The van der Waals surface area contributed by atoms with E-state index in [-0.39, 0.29) is 18.4 Å². The van der Waals surface area contributed by atoms with E-state index < -0.39 is 0 Å². The van der Waals surface area contributed by atoms with Crippen molar-refractivity contribution in [3.05, 3.63) is 22.1 Å². The third-order valence-corrected chi connectivity index (χ3v) is 4.20. The Morgan fingerprint density at radius 1 is 1.47 bits per heavy atom. The van der Waals surface area contributed by atoms with E-state index in [0.29, 0.717) is 5.89 Å². The number of hydrogen-bond acceptors (Lipinski definition) is 6. The number of likely N-dealkylation sites (N-methyl/N-ethyl adjacent to an activating group) is 1. The Hall–Kier alpha value is -0.950. The fourth-order valence-corrected chi connectivity index (χ4v) is 2.98. The highest BCUT2D eigenvalue weighted by atomic mass is 35.5. The van der Waals surface area contributed by atoms with Crippen LogP contribution in [-0.4, -0.2) is 41.7 Å². The zero-order valence-corrected chi connectivity index (χ0v) is 12.6. The lowest BCUT2D eigenvalue weighted by molar-refractivity contribution is 0.190. The summed E-state index contributed by atoms with van der Waals surface area (Å²) in [7, 11) is 2.09. The first-order chi connectivity index (χ1) is 8.75. The summed E-state index contributed by atoms with van der Waals surface area (Å²) < 4.78 is 5.38. The predicted molar refractivity (Wildman–Crippen MR) is 77.8 cm³/mol. The molecule has 0 aliphatic carbocycles. The minimum Gasteiger partial charge on any atom is -0.334 e. The second-order valence-corrected chi connectivity index (χ2v) is 5.37. The van der Waals surface area contributed by atoms with E-state index in [1.165, 1.54) is 5.56 Å². The van der Waals surface area contributed by atoms with Gasteiger partial charge in [-0.3, -0.25) is 4.90 Å². The highest BCUT2D eigenvalue weighted by molar-refractivity contribution is 7.08. The molecule has 104 valence electrons.